The van der Waals surface area contributed by atoms with Gasteiger partial charge in [0.2, 0.25) is 0 Å². The standard InChI is InChI=1S/C18H20Si.2C2H6/c1-19(2)16-11-4-3-9-14(16)15-10-5-7-13-8-6-12-17(19)18(13)15;2*1-2/h3-4,6,8-9,11-12,15H,5,7,10H2,1-2H3;2*1-2H3. The van der Waals surface area contributed by atoms with Crippen molar-refractivity contribution in [2.24, 2.45) is 0 Å². The lowest BCUT2D eigenvalue weighted by Gasteiger charge is -2.41. The predicted molar refractivity (Wildman–Crippen MR) is 107 cm³/mol. The van der Waals surface area contributed by atoms with Crippen LogP contribution >= 0.6 is 0 Å². The van der Waals surface area contributed by atoms with Crippen molar-refractivity contribution in [1.29, 1.82) is 0 Å². The molecule has 1 atom stereocenters. The molecule has 0 saturated heterocycles. The summed E-state index contributed by atoms with van der Waals surface area (Å²) in [6, 6.07) is 16.3. The SMILES string of the molecule is CC.CC.C[Si]1(C)c2ccccc2C2CCCc3cccc1c32. The van der Waals surface area contributed by atoms with Gasteiger partial charge in [0.05, 0.1) is 0 Å². The molecular weight excluding hydrogens is 292 g/mol. The highest BCUT2D eigenvalue weighted by molar-refractivity contribution is 7.01. The van der Waals surface area contributed by atoms with Gasteiger partial charge in [-0.1, -0.05) is 93.6 Å². The molecule has 0 spiro atoms. The smallest absolute Gasteiger partial charge is 0.0683 e. The number of hydrogen-bond donors (Lipinski definition) is 0. The highest BCUT2D eigenvalue weighted by Gasteiger charge is 2.40. The van der Waals surface area contributed by atoms with E-state index in [4.69, 9.17) is 0 Å². The first-order chi connectivity index (χ1) is 11.2. The van der Waals surface area contributed by atoms with Gasteiger partial charge in [-0.05, 0) is 36.0 Å². The number of benzene rings is 2. The van der Waals surface area contributed by atoms with Gasteiger partial charge in [0.15, 0.2) is 0 Å². The molecule has 1 aliphatic heterocycles. The van der Waals surface area contributed by atoms with Crippen LogP contribution in [0.1, 0.15) is 63.1 Å². The zero-order chi connectivity index (χ0) is 17.0. The Labute approximate surface area is 144 Å². The highest BCUT2D eigenvalue weighted by atomic mass is 28.3. The molecule has 2 aromatic carbocycles. The van der Waals surface area contributed by atoms with Crippen LogP contribution in [-0.4, -0.2) is 8.07 Å². The molecule has 0 bridgehead atoms. The van der Waals surface area contributed by atoms with Gasteiger partial charge >= 0.3 is 0 Å². The first-order valence-corrected chi connectivity index (χ1v) is 12.4. The van der Waals surface area contributed by atoms with Gasteiger partial charge in [0.1, 0.15) is 8.07 Å². The summed E-state index contributed by atoms with van der Waals surface area (Å²) in [5.74, 6) is 0.677. The Hall–Kier alpha value is -1.34. The van der Waals surface area contributed by atoms with E-state index in [1.807, 2.05) is 27.7 Å². The van der Waals surface area contributed by atoms with Crippen LogP contribution in [0.4, 0.5) is 0 Å². The van der Waals surface area contributed by atoms with Crippen molar-refractivity contribution in [2.75, 3.05) is 0 Å². The van der Waals surface area contributed by atoms with Gasteiger partial charge in [-0.25, -0.2) is 0 Å². The summed E-state index contributed by atoms with van der Waals surface area (Å²) >= 11 is 0. The number of hydrogen-bond acceptors (Lipinski definition) is 0. The van der Waals surface area contributed by atoms with Crippen LogP contribution in [0, 0.1) is 0 Å². The average Bonchev–Trinajstić information content (AvgIpc) is 2.63. The van der Waals surface area contributed by atoms with Crippen molar-refractivity contribution in [3.8, 4) is 0 Å². The van der Waals surface area contributed by atoms with Crippen LogP contribution < -0.4 is 10.4 Å². The topological polar surface area (TPSA) is 0 Å². The summed E-state index contributed by atoms with van der Waals surface area (Å²) in [5, 5.41) is 3.37. The first kappa shape index (κ1) is 18.0. The van der Waals surface area contributed by atoms with E-state index >= 15 is 0 Å². The molecular formula is C22H32Si. The molecule has 0 nitrogen and oxygen atoms in total. The summed E-state index contributed by atoms with van der Waals surface area (Å²) in [6.07, 6.45) is 3.97. The van der Waals surface area contributed by atoms with E-state index in [-0.39, 0.29) is 0 Å². The molecule has 1 unspecified atom stereocenters. The molecule has 0 N–H and O–H groups in total. The maximum absolute atomic E-state index is 2.52. The molecule has 0 amide bonds. The number of fused-ring (bicyclic) bond motifs is 2. The highest BCUT2D eigenvalue weighted by Crippen LogP contribution is 2.39. The summed E-state index contributed by atoms with van der Waals surface area (Å²) in [7, 11) is -1.49. The molecule has 23 heavy (non-hydrogen) atoms. The van der Waals surface area contributed by atoms with E-state index < -0.39 is 8.07 Å². The minimum absolute atomic E-state index is 0.677. The van der Waals surface area contributed by atoms with Crippen LogP contribution in [-0.2, 0) is 6.42 Å². The Balaban J connectivity index is 0.000000448. The second-order valence-corrected chi connectivity index (χ2v) is 10.9. The van der Waals surface area contributed by atoms with E-state index in [9.17, 15) is 0 Å². The third-order valence-electron chi connectivity index (χ3n) is 5.17. The molecule has 0 radical (unpaired) electrons. The monoisotopic (exact) mass is 324 g/mol. The normalized spacial score (nSPS) is 19.1. The summed E-state index contributed by atoms with van der Waals surface area (Å²) in [4.78, 5) is 0. The van der Waals surface area contributed by atoms with E-state index in [1.54, 1.807) is 27.1 Å². The maximum Gasteiger partial charge on any atom is 0.113 e. The molecule has 0 fully saturated rings. The third kappa shape index (κ3) is 2.92. The Bertz CT molecular complexity index is 655. The minimum atomic E-state index is -1.49. The maximum atomic E-state index is 2.52. The zero-order valence-electron chi connectivity index (χ0n) is 15.7. The number of rotatable bonds is 0. The second-order valence-electron chi connectivity index (χ2n) is 6.54. The fourth-order valence-electron chi connectivity index (χ4n) is 4.25. The summed E-state index contributed by atoms with van der Waals surface area (Å²) in [5.41, 5.74) is 4.98. The van der Waals surface area contributed by atoms with Crippen LogP contribution in [0.3, 0.4) is 0 Å². The molecule has 124 valence electrons. The Morgan fingerprint density at radius 1 is 0.826 bits per heavy atom. The van der Waals surface area contributed by atoms with Crippen LogP contribution in [0.15, 0.2) is 42.5 Å². The molecule has 2 aromatic rings. The van der Waals surface area contributed by atoms with Crippen LogP contribution in [0.25, 0.3) is 0 Å². The van der Waals surface area contributed by atoms with Crippen molar-refractivity contribution in [2.45, 2.75) is 66.0 Å². The Morgan fingerprint density at radius 3 is 2.22 bits per heavy atom. The largest absolute Gasteiger partial charge is 0.113 e. The molecule has 1 heteroatoms. The van der Waals surface area contributed by atoms with Crippen LogP contribution in [0.5, 0.6) is 0 Å². The van der Waals surface area contributed by atoms with E-state index in [1.165, 1.54) is 19.3 Å². The second kappa shape index (κ2) is 7.48. The lowest BCUT2D eigenvalue weighted by molar-refractivity contribution is 0.618. The fourth-order valence-corrected chi connectivity index (χ4v) is 7.56. The number of aryl methyl sites for hydroxylation is 1. The van der Waals surface area contributed by atoms with E-state index in [0.717, 1.165) is 0 Å². The quantitative estimate of drug-likeness (QED) is 0.574. The van der Waals surface area contributed by atoms with Crippen molar-refractivity contribution in [3.63, 3.8) is 0 Å². The molecule has 2 aliphatic rings. The van der Waals surface area contributed by atoms with Crippen molar-refractivity contribution >= 4 is 18.4 Å². The van der Waals surface area contributed by atoms with Crippen molar-refractivity contribution < 1.29 is 0 Å². The molecule has 0 aromatic heterocycles. The first-order valence-electron chi connectivity index (χ1n) is 9.41. The van der Waals surface area contributed by atoms with E-state index in [2.05, 4.69) is 55.6 Å². The Morgan fingerprint density at radius 2 is 1.48 bits per heavy atom. The van der Waals surface area contributed by atoms with Gasteiger partial charge < -0.3 is 0 Å². The minimum Gasteiger partial charge on any atom is -0.0683 e. The third-order valence-corrected chi connectivity index (χ3v) is 8.75. The van der Waals surface area contributed by atoms with Gasteiger partial charge in [-0.3, -0.25) is 0 Å². The molecule has 1 aliphatic carbocycles. The van der Waals surface area contributed by atoms with Crippen molar-refractivity contribution in [1.82, 2.24) is 0 Å². The van der Waals surface area contributed by atoms with Gasteiger partial charge in [0.25, 0.3) is 0 Å². The average molecular weight is 325 g/mol. The lowest BCUT2D eigenvalue weighted by atomic mass is 9.78. The van der Waals surface area contributed by atoms with Crippen molar-refractivity contribution in [3.05, 3.63) is 59.2 Å². The van der Waals surface area contributed by atoms with Gasteiger partial charge in [-0.2, -0.15) is 0 Å². The summed E-state index contributed by atoms with van der Waals surface area (Å²) in [6.45, 7) is 13.0. The predicted octanol–water partition coefficient (Wildman–Crippen LogP) is 5.34. The molecule has 4 rings (SSSR count). The van der Waals surface area contributed by atoms with Gasteiger partial charge in [0, 0.05) is 5.92 Å². The molecule has 0 saturated carbocycles. The van der Waals surface area contributed by atoms with Crippen LogP contribution in [0.2, 0.25) is 13.1 Å². The molecule has 1 heterocycles. The van der Waals surface area contributed by atoms with Gasteiger partial charge in [-0.15, -0.1) is 0 Å². The zero-order valence-corrected chi connectivity index (χ0v) is 16.7. The summed E-state index contributed by atoms with van der Waals surface area (Å²) < 4.78 is 0. The lowest BCUT2D eigenvalue weighted by Crippen LogP contribution is -2.59. The van der Waals surface area contributed by atoms with E-state index in [0.29, 0.717) is 5.92 Å². The fraction of sp³-hybridized carbons (Fsp3) is 0.455. The Kier molecular flexibility index (Phi) is 5.86.